The molecule has 1 aromatic heterocycles. The van der Waals surface area contributed by atoms with Crippen molar-refractivity contribution in [3.63, 3.8) is 0 Å². The Morgan fingerprint density at radius 2 is 2.19 bits per heavy atom. The van der Waals surface area contributed by atoms with Crippen molar-refractivity contribution in [1.29, 1.82) is 5.26 Å². The van der Waals surface area contributed by atoms with Gasteiger partial charge in [0.05, 0.1) is 21.8 Å². The Balaban J connectivity index is 2.41. The van der Waals surface area contributed by atoms with E-state index in [4.69, 9.17) is 5.26 Å². The van der Waals surface area contributed by atoms with Crippen molar-refractivity contribution in [2.75, 3.05) is 4.72 Å². The largest absolute Gasteiger partial charge is 0.276 e. The molecule has 1 heterocycles. The van der Waals surface area contributed by atoms with Crippen LogP contribution in [0.25, 0.3) is 0 Å². The first kappa shape index (κ1) is 15.0. The van der Waals surface area contributed by atoms with Crippen LogP contribution < -0.4 is 4.72 Å². The smallest absolute Gasteiger partial charge is 0.262 e. The minimum Gasteiger partial charge on any atom is -0.276 e. The average molecular weight is 308 g/mol. The molecule has 0 aliphatic rings. The molecule has 0 fully saturated rings. The standard InChI is InChI=1S/C13H13FN4O2S/c1-3-12-13(8-18(2)16-12)17-21(19,20)10-4-5-11(14)9(6-10)7-15/h4-6,8,17H,3H2,1-2H3. The van der Waals surface area contributed by atoms with Crippen LogP contribution in [0.1, 0.15) is 18.2 Å². The molecule has 2 rings (SSSR count). The molecule has 0 atom stereocenters. The van der Waals surface area contributed by atoms with Gasteiger partial charge in [0.2, 0.25) is 0 Å². The van der Waals surface area contributed by atoms with Gasteiger partial charge < -0.3 is 0 Å². The second kappa shape index (κ2) is 5.54. The van der Waals surface area contributed by atoms with Gasteiger partial charge in [-0.05, 0) is 24.6 Å². The highest BCUT2D eigenvalue weighted by Crippen LogP contribution is 2.21. The first-order valence-corrected chi connectivity index (χ1v) is 7.60. The molecule has 0 spiro atoms. The van der Waals surface area contributed by atoms with E-state index in [2.05, 4.69) is 9.82 Å². The summed E-state index contributed by atoms with van der Waals surface area (Å²) in [7, 11) is -2.22. The van der Waals surface area contributed by atoms with E-state index in [1.807, 2.05) is 6.92 Å². The summed E-state index contributed by atoms with van der Waals surface area (Å²) < 4.78 is 41.7. The number of nitrogens with one attached hydrogen (secondary N) is 1. The zero-order valence-corrected chi connectivity index (χ0v) is 12.3. The topological polar surface area (TPSA) is 87.8 Å². The first-order chi connectivity index (χ1) is 9.87. The molecule has 0 radical (unpaired) electrons. The first-order valence-electron chi connectivity index (χ1n) is 6.12. The van der Waals surface area contributed by atoms with Gasteiger partial charge in [-0.2, -0.15) is 10.4 Å². The van der Waals surface area contributed by atoms with E-state index >= 15 is 0 Å². The lowest BCUT2D eigenvalue weighted by Gasteiger charge is -2.07. The van der Waals surface area contributed by atoms with Crippen LogP contribution in [0.15, 0.2) is 29.3 Å². The molecule has 21 heavy (non-hydrogen) atoms. The van der Waals surface area contributed by atoms with Gasteiger partial charge in [0.1, 0.15) is 11.9 Å². The van der Waals surface area contributed by atoms with Gasteiger partial charge in [0.15, 0.2) is 0 Å². The van der Waals surface area contributed by atoms with Gasteiger partial charge in [-0.1, -0.05) is 6.92 Å². The maximum absolute atomic E-state index is 13.3. The van der Waals surface area contributed by atoms with Crippen molar-refractivity contribution in [1.82, 2.24) is 9.78 Å². The third kappa shape index (κ3) is 3.03. The summed E-state index contributed by atoms with van der Waals surface area (Å²) in [5.41, 5.74) is 0.645. The Morgan fingerprint density at radius 3 is 2.81 bits per heavy atom. The molecule has 0 bridgehead atoms. The van der Waals surface area contributed by atoms with E-state index in [1.165, 1.54) is 4.68 Å². The molecular formula is C13H13FN4O2S. The maximum Gasteiger partial charge on any atom is 0.262 e. The molecule has 2 aromatic rings. The summed E-state index contributed by atoms with van der Waals surface area (Å²) in [6.45, 7) is 1.85. The lowest BCUT2D eigenvalue weighted by atomic mass is 10.2. The Hall–Kier alpha value is -2.40. The molecule has 1 aromatic carbocycles. The fourth-order valence-corrected chi connectivity index (χ4v) is 2.94. The van der Waals surface area contributed by atoms with E-state index in [1.54, 1.807) is 19.3 Å². The van der Waals surface area contributed by atoms with Crippen LogP contribution >= 0.6 is 0 Å². The number of aryl methyl sites for hydroxylation is 2. The van der Waals surface area contributed by atoms with E-state index in [9.17, 15) is 12.8 Å². The number of nitrogens with zero attached hydrogens (tertiary/aromatic N) is 3. The monoisotopic (exact) mass is 308 g/mol. The van der Waals surface area contributed by atoms with Gasteiger partial charge >= 0.3 is 0 Å². The summed E-state index contributed by atoms with van der Waals surface area (Å²) in [4.78, 5) is -0.175. The highest BCUT2D eigenvalue weighted by atomic mass is 32.2. The Kier molecular flexibility index (Phi) is 3.95. The van der Waals surface area contributed by atoms with Crippen molar-refractivity contribution in [3.05, 3.63) is 41.5 Å². The van der Waals surface area contributed by atoms with E-state index in [0.717, 1.165) is 18.2 Å². The fourth-order valence-electron chi connectivity index (χ4n) is 1.84. The molecule has 0 aliphatic carbocycles. The van der Waals surface area contributed by atoms with Gasteiger partial charge in [0.25, 0.3) is 10.0 Å². The second-order valence-electron chi connectivity index (χ2n) is 4.38. The predicted octanol–water partition coefficient (Wildman–Crippen LogP) is 1.79. The maximum atomic E-state index is 13.3. The zero-order chi connectivity index (χ0) is 15.6. The summed E-state index contributed by atoms with van der Waals surface area (Å²) in [5, 5.41) is 12.9. The lowest BCUT2D eigenvalue weighted by molar-refractivity contribution is 0.599. The number of halogens is 1. The molecule has 1 N–H and O–H groups in total. The summed E-state index contributed by atoms with van der Waals surface area (Å²) >= 11 is 0. The van der Waals surface area contributed by atoms with Crippen molar-refractivity contribution < 1.29 is 12.8 Å². The van der Waals surface area contributed by atoms with E-state index in [-0.39, 0.29) is 10.5 Å². The number of benzene rings is 1. The number of rotatable bonds is 4. The van der Waals surface area contributed by atoms with Gasteiger partial charge in [-0.3, -0.25) is 9.40 Å². The fraction of sp³-hybridized carbons (Fsp3) is 0.231. The summed E-state index contributed by atoms with van der Waals surface area (Å²) in [5.74, 6) is -0.757. The molecule has 6 nitrogen and oxygen atoms in total. The molecule has 110 valence electrons. The van der Waals surface area contributed by atoms with Gasteiger partial charge in [-0.25, -0.2) is 12.8 Å². The number of hydrogen-bond donors (Lipinski definition) is 1. The van der Waals surface area contributed by atoms with Crippen LogP contribution in [0.4, 0.5) is 10.1 Å². The number of hydrogen-bond acceptors (Lipinski definition) is 4. The van der Waals surface area contributed by atoms with Crippen LogP contribution in [0.2, 0.25) is 0 Å². The van der Waals surface area contributed by atoms with E-state index in [0.29, 0.717) is 17.8 Å². The molecule has 0 aliphatic heterocycles. The molecule has 8 heteroatoms. The van der Waals surface area contributed by atoms with Crippen LogP contribution in [0, 0.1) is 17.1 Å². The Bertz CT molecular complexity index is 821. The molecule has 0 saturated heterocycles. The summed E-state index contributed by atoms with van der Waals surface area (Å²) in [6.07, 6.45) is 2.11. The molecule has 0 amide bonds. The van der Waals surface area contributed by atoms with Crippen LogP contribution in [0.3, 0.4) is 0 Å². The van der Waals surface area contributed by atoms with Crippen LogP contribution in [0.5, 0.6) is 0 Å². The lowest BCUT2D eigenvalue weighted by Crippen LogP contribution is -2.14. The Labute approximate surface area is 121 Å². The van der Waals surface area contributed by atoms with Crippen molar-refractivity contribution in [3.8, 4) is 6.07 Å². The highest BCUT2D eigenvalue weighted by Gasteiger charge is 2.19. The van der Waals surface area contributed by atoms with Gasteiger partial charge in [-0.15, -0.1) is 0 Å². The normalized spacial score (nSPS) is 11.1. The zero-order valence-electron chi connectivity index (χ0n) is 11.5. The number of nitriles is 1. The molecule has 0 unspecified atom stereocenters. The van der Waals surface area contributed by atoms with Crippen molar-refractivity contribution >= 4 is 15.7 Å². The second-order valence-corrected chi connectivity index (χ2v) is 6.06. The quantitative estimate of drug-likeness (QED) is 0.932. The third-order valence-electron chi connectivity index (χ3n) is 2.85. The average Bonchev–Trinajstić information content (AvgIpc) is 2.78. The minimum atomic E-state index is -3.90. The SMILES string of the molecule is CCc1nn(C)cc1NS(=O)(=O)c1ccc(F)c(C#N)c1. The number of anilines is 1. The van der Waals surface area contributed by atoms with E-state index < -0.39 is 15.8 Å². The van der Waals surface area contributed by atoms with Crippen LogP contribution in [-0.4, -0.2) is 18.2 Å². The van der Waals surface area contributed by atoms with Crippen LogP contribution in [-0.2, 0) is 23.5 Å². The third-order valence-corrected chi connectivity index (χ3v) is 4.22. The number of aromatic nitrogens is 2. The Morgan fingerprint density at radius 1 is 1.48 bits per heavy atom. The highest BCUT2D eigenvalue weighted by molar-refractivity contribution is 7.92. The summed E-state index contributed by atoms with van der Waals surface area (Å²) in [6, 6.07) is 4.68. The predicted molar refractivity (Wildman–Crippen MR) is 74.5 cm³/mol. The van der Waals surface area contributed by atoms with Crippen molar-refractivity contribution in [2.24, 2.45) is 7.05 Å². The van der Waals surface area contributed by atoms with Crippen molar-refractivity contribution in [2.45, 2.75) is 18.2 Å². The molecule has 0 saturated carbocycles. The minimum absolute atomic E-state index is 0.175. The molecular weight excluding hydrogens is 295 g/mol. The van der Waals surface area contributed by atoms with Gasteiger partial charge in [0, 0.05) is 13.2 Å². The number of sulfonamides is 1.